The molecule has 6 nitrogen and oxygen atoms in total. The van der Waals surface area contributed by atoms with Crippen molar-refractivity contribution in [2.75, 3.05) is 4.90 Å². The molecule has 138 valence electrons. The van der Waals surface area contributed by atoms with E-state index in [0.29, 0.717) is 11.1 Å². The maximum absolute atomic E-state index is 12.9. The minimum absolute atomic E-state index is 0.0208. The van der Waals surface area contributed by atoms with E-state index >= 15 is 0 Å². The zero-order valence-corrected chi connectivity index (χ0v) is 15.1. The highest BCUT2D eigenvalue weighted by atomic mass is 16.3. The van der Waals surface area contributed by atoms with E-state index in [1.165, 1.54) is 17.3 Å². The number of ketones is 1. The van der Waals surface area contributed by atoms with Gasteiger partial charge >= 0.3 is 5.91 Å². The van der Waals surface area contributed by atoms with E-state index in [1.54, 1.807) is 30.3 Å². The number of aromatic nitrogens is 2. The monoisotopic (exact) mass is 371 g/mol. The summed E-state index contributed by atoms with van der Waals surface area (Å²) in [4.78, 5) is 35.2. The van der Waals surface area contributed by atoms with Gasteiger partial charge in [-0.15, -0.1) is 0 Å². The van der Waals surface area contributed by atoms with Gasteiger partial charge in [-0.1, -0.05) is 60.2 Å². The van der Waals surface area contributed by atoms with Gasteiger partial charge in [0.25, 0.3) is 5.78 Å². The number of benzene rings is 2. The number of nitrogens with zero attached hydrogens (tertiary/aromatic N) is 3. The summed E-state index contributed by atoms with van der Waals surface area (Å²) in [6.07, 6.45) is 3.01. The van der Waals surface area contributed by atoms with Gasteiger partial charge < -0.3 is 5.11 Å². The fourth-order valence-corrected chi connectivity index (χ4v) is 3.27. The molecule has 3 aromatic rings. The number of amides is 1. The first-order valence-electron chi connectivity index (χ1n) is 8.78. The smallest absolute Gasteiger partial charge is 0.302 e. The predicted octanol–water partition coefficient (Wildman–Crippen LogP) is 3.41. The van der Waals surface area contributed by atoms with Crippen molar-refractivity contribution in [3.8, 4) is 0 Å². The van der Waals surface area contributed by atoms with Gasteiger partial charge in [-0.3, -0.25) is 14.5 Å². The molecule has 1 aliphatic rings. The Morgan fingerprint density at radius 3 is 2.21 bits per heavy atom. The van der Waals surface area contributed by atoms with Crippen molar-refractivity contribution in [2.24, 2.45) is 0 Å². The number of hydrogen-bond donors (Lipinski definition) is 1. The van der Waals surface area contributed by atoms with Crippen LogP contribution in [0, 0.1) is 6.92 Å². The summed E-state index contributed by atoms with van der Waals surface area (Å²) >= 11 is 0. The average Bonchev–Trinajstić information content (AvgIpc) is 3.00. The fraction of sp³-hybridized carbons (Fsp3) is 0.0909. The van der Waals surface area contributed by atoms with Crippen LogP contribution in [0.15, 0.2) is 78.6 Å². The van der Waals surface area contributed by atoms with Crippen molar-refractivity contribution in [1.82, 2.24) is 9.97 Å². The fourth-order valence-electron chi connectivity index (χ4n) is 3.27. The largest absolute Gasteiger partial charge is 0.507 e. The summed E-state index contributed by atoms with van der Waals surface area (Å²) in [6, 6.07) is 17.0. The number of Topliss-reactive ketones (excluding diaryl/α,β-unsaturated/α-hetero) is 1. The molecule has 0 spiro atoms. The third-order valence-electron chi connectivity index (χ3n) is 4.65. The van der Waals surface area contributed by atoms with E-state index < -0.39 is 17.7 Å². The van der Waals surface area contributed by atoms with Gasteiger partial charge in [0.15, 0.2) is 0 Å². The van der Waals surface area contributed by atoms with Crippen LogP contribution in [0.4, 0.5) is 5.95 Å². The molecule has 1 atom stereocenters. The van der Waals surface area contributed by atoms with Crippen LogP contribution in [0.1, 0.15) is 22.7 Å². The topological polar surface area (TPSA) is 83.4 Å². The van der Waals surface area contributed by atoms with Gasteiger partial charge in [0.2, 0.25) is 5.95 Å². The molecular formula is C22H17N3O3. The second-order valence-electron chi connectivity index (χ2n) is 6.49. The number of carbonyl (C=O) groups excluding carboxylic acids is 2. The molecule has 0 aliphatic carbocycles. The first-order chi connectivity index (χ1) is 13.6. The molecule has 1 aliphatic heterocycles. The third kappa shape index (κ3) is 2.95. The lowest BCUT2D eigenvalue weighted by Crippen LogP contribution is -2.31. The standard InChI is InChI=1S/C22H17N3O3/c1-14-8-10-16(11-9-14)19(26)17-18(15-6-3-2-4-7-15)25(21(28)20(17)27)22-23-12-5-13-24-22/h2-13,18,26H,1H3/b19-17-. The van der Waals surface area contributed by atoms with Crippen molar-refractivity contribution < 1.29 is 14.7 Å². The van der Waals surface area contributed by atoms with Crippen LogP contribution in [-0.4, -0.2) is 26.8 Å². The zero-order chi connectivity index (χ0) is 19.7. The maximum Gasteiger partial charge on any atom is 0.302 e. The van der Waals surface area contributed by atoms with Crippen molar-refractivity contribution >= 4 is 23.4 Å². The SMILES string of the molecule is Cc1ccc(/C(O)=C2/C(=O)C(=O)N(c3ncccn3)C2c2ccccc2)cc1. The van der Waals surface area contributed by atoms with Gasteiger partial charge in [-0.25, -0.2) is 9.97 Å². The van der Waals surface area contributed by atoms with Crippen LogP contribution in [0.2, 0.25) is 0 Å². The first-order valence-corrected chi connectivity index (χ1v) is 8.78. The van der Waals surface area contributed by atoms with Crippen molar-refractivity contribution in [3.05, 3.63) is 95.3 Å². The molecule has 1 unspecified atom stereocenters. The Morgan fingerprint density at radius 2 is 1.57 bits per heavy atom. The van der Waals surface area contributed by atoms with E-state index in [2.05, 4.69) is 9.97 Å². The molecule has 2 heterocycles. The zero-order valence-electron chi connectivity index (χ0n) is 15.1. The molecular weight excluding hydrogens is 354 g/mol. The quantitative estimate of drug-likeness (QED) is 0.433. The van der Waals surface area contributed by atoms with Crippen LogP contribution in [0.25, 0.3) is 5.76 Å². The number of aliphatic hydroxyl groups excluding tert-OH is 1. The van der Waals surface area contributed by atoms with E-state index in [0.717, 1.165) is 5.56 Å². The number of aryl methyl sites for hydroxylation is 1. The molecule has 4 rings (SSSR count). The lowest BCUT2D eigenvalue weighted by Gasteiger charge is -2.23. The Hall–Kier alpha value is -3.80. The van der Waals surface area contributed by atoms with E-state index in [9.17, 15) is 14.7 Å². The van der Waals surface area contributed by atoms with E-state index in [1.807, 2.05) is 37.3 Å². The molecule has 1 amide bonds. The maximum atomic E-state index is 12.9. The molecule has 0 saturated carbocycles. The van der Waals surface area contributed by atoms with Crippen molar-refractivity contribution in [1.29, 1.82) is 0 Å². The highest BCUT2D eigenvalue weighted by molar-refractivity contribution is 6.51. The second kappa shape index (κ2) is 7.08. The number of carbonyl (C=O) groups is 2. The number of aliphatic hydroxyl groups is 1. The summed E-state index contributed by atoms with van der Waals surface area (Å²) in [5.74, 6) is -1.64. The first kappa shape index (κ1) is 17.6. The molecule has 1 saturated heterocycles. The Labute approximate surface area is 161 Å². The van der Waals surface area contributed by atoms with Gasteiger partial charge in [0.05, 0.1) is 11.6 Å². The molecule has 1 fully saturated rings. The lowest BCUT2D eigenvalue weighted by atomic mass is 9.95. The van der Waals surface area contributed by atoms with Crippen LogP contribution in [0.3, 0.4) is 0 Å². The normalized spacial score (nSPS) is 18.5. The highest BCUT2D eigenvalue weighted by Gasteiger charge is 2.48. The summed E-state index contributed by atoms with van der Waals surface area (Å²) in [5.41, 5.74) is 2.20. The number of hydrogen-bond acceptors (Lipinski definition) is 5. The Kier molecular flexibility index (Phi) is 4.45. The van der Waals surface area contributed by atoms with Gasteiger partial charge in [0.1, 0.15) is 5.76 Å². The third-order valence-corrected chi connectivity index (χ3v) is 4.65. The molecule has 2 aromatic carbocycles. The molecule has 1 aromatic heterocycles. The van der Waals surface area contributed by atoms with Crippen LogP contribution >= 0.6 is 0 Å². The average molecular weight is 371 g/mol. The second-order valence-corrected chi connectivity index (χ2v) is 6.49. The number of rotatable bonds is 3. The number of anilines is 1. The summed E-state index contributed by atoms with van der Waals surface area (Å²) < 4.78 is 0. The van der Waals surface area contributed by atoms with Gasteiger partial charge in [-0.05, 0) is 18.6 Å². The Bertz CT molecular complexity index is 1060. The Morgan fingerprint density at radius 1 is 0.929 bits per heavy atom. The summed E-state index contributed by atoms with van der Waals surface area (Å²) in [5, 5.41) is 10.9. The molecule has 0 radical (unpaired) electrons. The van der Waals surface area contributed by atoms with Crippen LogP contribution < -0.4 is 4.90 Å². The van der Waals surface area contributed by atoms with Crippen molar-refractivity contribution in [2.45, 2.75) is 13.0 Å². The molecule has 6 heteroatoms. The minimum atomic E-state index is -0.815. The lowest BCUT2D eigenvalue weighted by molar-refractivity contribution is -0.132. The van der Waals surface area contributed by atoms with Gasteiger partial charge in [0, 0.05) is 18.0 Å². The minimum Gasteiger partial charge on any atom is -0.507 e. The van der Waals surface area contributed by atoms with Crippen LogP contribution in [-0.2, 0) is 9.59 Å². The molecule has 0 bridgehead atoms. The van der Waals surface area contributed by atoms with Gasteiger partial charge in [-0.2, -0.15) is 0 Å². The van der Waals surface area contributed by atoms with Crippen LogP contribution in [0.5, 0.6) is 0 Å². The van der Waals surface area contributed by atoms with E-state index in [4.69, 9.17) is 0 Å². The predicted molar refractivity (Wildman–Crippen MR) is 104 cm³/mol. The molecule has 1 N–H and O–H groups in total. The highest BCUT2D eigenvalue weighted by Crippen LogP contribution is 2.40. The molecule has 28 heavy (non-hydrogen) atoms. The Balaban J connectivity index is 1.94. The summed E-state index contributed by atoms with van der Waals surface area (Å²) in [7, 11) is 0. The van der Waals surface area contributed by atoms with E-state index in [-0.39, 0.29) is 17.3 Å². The summed E-state index contributed by atoms with van der Waals surface area (Å²) in [6.45, 7) is 1.93. The van der Waals surface area contributed by atoms with Crippen molar-refractivity contribution in [3.63, 3.8) is 0 Å².